The van der Waals surface area contributed by atoms with Gasteiger partial charge in [-0.1, -0.05) is 22.9 Å². The van der Waals surface area contributed by atoms with E-state index in [4.69, 9.17) is 0 Å². The number of amides is 1. The van der Waals surface area contributed by atoms with Crippen LogP contribution in [-0.2, 0) is 4.79 Å². The molecule has 0 aromatic heterocycles. The summed E-state index contributed by atoms with van der Waals surface area (Å²) in [6.45, 7) is 6.41. The molecule has 0 saturated heterocycles. The molecule has 19 heavy (non-hydrogen) atoms. The Morgan fingerprint density at radius 2 is 1.84 bits per heavy atom. The summed E-state index contributed by atoms with van der Waals surface area (Å²) in [5, 5.41) is 3.32. The monoisotopic (exact) mass is 327 g/mol. The molecular weight excluding hydrogens is 302 g/mol. The molecule has 0 spiro atoms. The molecule has 4 rings (SSSR count). The molecule has 3 heteroatoms. The first kappa shape index (κ1) is 13.9. The van der Waals surface area contributed by atoms with Crippen molar-refractivity contribution in [1.29, 1.82) is 0 Å². The SMILES string of the molecule is CCC(C)(C)NC(=O)C12C[C@@H]3C[C@H](CC(Br)(C3)C1)C2. The number of hydrogen-bond acceptors (Lipinski definition) is 1. The predicted octanol–water partition coefficient (Wildman–Crippen LogP) is 4.03. The second kappa shape index (κ2) is 4.22. The Bertz CT molecular complexity index is 390. The third kappa shape index (κ3) is 2.36. The van der Waals surface area contributed by atoms with Gasteiger partial charge in [-0.05, 0) is 70.6 Å². The van der Waals surface area contributed by atoms with Crippen molar-refractivity contribution in [2.24, 2.45) is 17.3 Å². The van der Waals surface area contributed by atoms with Gasteiger partial charge in [0.25, 0.3) is 0 Å². The molecule has 4 bridgehead atoms. The second-order valence-electron chi connectivity index (χ2n) is 8.08. The zero-order valence-electron chi connectivity index (χ0n) is 12.4. The lowest BCUT2D eigenvalue weighted by Crippen LogP contribution is -2.60. The van der Waals surface area contributed by atoms with Crippen molar-refractivity contribution in [2.75, 3.05) is 0 Å². The third-order valence-corrected chi connectivity index (χ3v) is 6.74. The number of carbonyl (C=O) groups excluding carboxylic acids is 1. The van der Waals surface area contributed by atoms with Crippen LogP contribution in [0, 0.1) is 17.3 Å². The topological polar surface area (TPSA) is 29.1 Å². The van der Waals surface area contributed by atoms with E-state index in [1.807, 2.05) is 0 Å². The van der Waals surface area contributed by atoms with Crippen molar-refractivity contribution < 1.29 is 4.79 Å². The fourth-order valence-corrected chi connectivity index (χ4v) is 6.40. The molecule has 4 saturated carbocycles. The summed E-state index contributed by atoms with van der Waals surface area (Å²) >= 11 is 3.98. The molecule has 4 aliphatic rings. The number of halogens is 1. The van der Waals surface area contributed by atoms with Crippen LogP contribution < -0.4 is 5.32 Å². The molecule has 0 aromatic rings. The van der Waals surface area contributed by atoms with E-state index >= 15 is 0 Å². The quantitative estimate of drug-likeness (QED) is 0.779. The smallest absolute Gasteiger partial charge is 0.226 e. The van der Waals surface area contributed by atoms with E-state index in [0.717, 1.165) is 37.5 Å². The molecule has 108 valence electrons. The average molecular weight is 328 g/mol. The molecule has 2 atom stereocenters. The molecule has 4 aliphatic carbocycles. The fourth-order valence-electron chi connectivity index (χ4n) is 4.94. The lowest BCUT2D eigenvalue weighted by Gasteiger charge is -2.59. The van der Waals surface area contributed by atoms with Crippen LogP contribution in [-0.4, -0.2) is 15.8 Å². The number of alkyl halides is 1. The molecule has 2 nitrogen and oxygen atoms in total. The summed E-state index contributed by atoms with van der Waals surface area (Å²) in [6, 6.07) is 0. The van der Waals surface area contributed by atoms with Crippen LogP contribution in [0.5, 0.6) is 0 Å². The van der Waals surface area contributed by atoms with Gasteiger partial charge in [0, 0.05) is 9.86 Å². The van der Waals surface area contributed by atoms with Gasteiger partial charge in [-0.3, -0.25) is 4.79 Å². The molecule has 0 heterocycles. The summed E-state index contributed by atoms with van der Waals surface area (Å²) < 4.78 is 0.269. The Labute approximate surface area is 125 Å². The van der Waals surface area contributed by atoms with Crippen molar-refractivity contribution in [2.45, 2.75) is 75.6 Å². The summed E-state index contributed by atoms with van der Waals surface area (Å²) in [6.07, 6.45) is 8.23. The van der Waals surface area contributed by atoms with Crippen molar-refractivity contribution >= 4 is 21.8 Å². The second-order valence-corrected chi connectivity index (χ2v) is 9.77. The van der Waals surface area contributed by atoms with Crippen LogP contribution in [0.4, 0.5) is 0 Å². The van der Waals surface area contributed by atoms with E-state index in [1.165, 1.54) is 19.3 Å². The maximum atomic E-state index is 12.9. The van der Waals surface area contributed by atoms with E-state index in [-0.39, 0.29) is 15.3 Å². The number of carbonyl (C=O) groups is 1. The lowest BCUT2D eigenvalue weighted by molar-refractivity contribution is -0.145. The van der Waals surface area contributed by atoms with Gasteiger partial charge in [0.15, 0.2) is 0 Å². The first-order valence-electron chi connectivity index (χ1n) is 7.77. The summed E-state index contributed by atoms with van der Waals surface area (Å²) in [5.74, 6) is 1.88. The zero-order chi connectivity index (χ0) is 13.9. The van der Waals surface area contributed by atoms with Gasteiger partial charge in [0.1, 0.15) is 0 Å². The van der Waals surface area contributed by atoms with Gasteiger partial charge < -0.3 is 5.32 Å². The summed E-state index contributed by atoms with van der Waals surface area (Å²) in [4.78, 5) is 12.9. The maximum absolute atomic E-state index is 12.9. The molecule has 1 N–H and O–H groups in total. The van der Waals surface area contributed by atoms with E-state index in [1.54, 1.807) is 0 Å². The minimum absolute atomic E-state index is 0.0694. The Kier molecular flexibility index (Phi) is 3.09. The van der Waals surface area contributed by atoms with E-state index < -0.39 is 0 Å². The predicted molar refractivity (Wildman–Crippen MR) is 81.3 cm³/mol. The molecule has 4 fully saturated rings. The van der Waals surface area contributed by atoms with Gasteiger partial charge in [-0.25, -0.2) is 0 Å². The number of hydrogen-bond donors (Lipinski definition) is 1. The lowest BCUT2D eigenvalue weighted by atomic mass is 9.49. The Balaban J connectivity index is 1.82. The Morgan fingerprint density at radius 3 is 2.32 bits per heavy atom. The van der Waals surface area contributed by atoms with Crippen molar-refractivity contribution in [3.8, 4) is 0 Å². The van der Waals surface area contributed by atoms with Crippen LogP contribution in [0.1, 0.15) is 65.7 Å². The highest BCUT2D eigenvalue weighted by Crippen LogP contribution is 2.64. The Morgan fingerprint density at radius 1 is 1.26 bits per heavy atom. The highest BCUT2D eigenvalue weighted by Gasteiger charge is 2.60. The molecule has 0 aliphatic heterocycles. The number of rotatable bonds is 3. The first-order chi connectivity index (χ1) is 8.76. The van der Waals surface area contributed by atoms with E-state index in [2.05, 4.69) is 42.0 Å². The van der Waals surface area contributed by atoms with Crippen molar-refractivity contribution in [3.05, 3.63) is 0 Å². The van der Waals surface area contributed by atoms with Crippen molar-refractivity contribution in [3.63, 3.8) is 0 Å². The highest BCUT2D eigenvalue weighted by atomic mass is 79.9. The standard InChI is InChI=1S/C16H26BrNO/c1-4-14(2,3)18-13(19)15-6-11-5-12(7-15)9-16(17,8-11)10-15/h11-12H,4-10H2,1-3H3,(H,18,19)/t11-,12-,15?,16?/m0/s1. The third-order valence-electron chi connectivity index (χ3n) is 5.81. The molecular formula is C16H26BrNO. The van der Waals surface area contributed by atoms with Gasteiger partial charge in [-0.2, -0.15) is 0 Å². The van der Waals surface area contributed by atoms with Crippen LogP contribution in [0.3, 0.4) is 0 Å². The van der Waals surface area contributed by atoms with Gasteiger partial charge in [-0.15, -0.1) is 0 Å². The van der Waals surface area contributed by atoms with Gasteiger partial charge >= 0.3 is 0 Å². The van der Waals surface area contributed by atoms with Crippen LogP contribution in [0.15, 0.2) is 0 Å². The van der Waals surface area contributed by atoms with E-state index in [9.17, 15) is 4.79 Å². The largest absolute Gasteiger partial charge is 0.351 e. The van der Waals surface area contributed by atoms with E-state index in [0.29, 0.717) is 5.91 Å². The average Bonchev–Trinajstić information content (AvgIpc) is 2.25. The fraction of sp³-hybridized carbons (Fsp3) is 0.938. The minimum atomic E-state index is -0.0696. The van der Waals surface area contributed by atoms with Crippen molar-refractivity contribution in [1.82, 2.24) is 5.32 Å². The summed E-state index contributed by atoms with van der Waals surface area (Å²) in [7, 11) is 0. The highest BCUT2D eigenvalue weighted by molar-refractivity contribution is 9.10. The van der Waals surface area contributed by atoms with Crippen LogP contribution in [0.25, 0.3) is 0 Å². The Hall–Kier alpha value is -0.0500. The molecule has 0 aromatic carbocycles. The van der Waals surface area contributed by atoms with Gasteiger partial charge in [0.05, 0.1) is 5.41 Å². The first-order valence-corrected chi connectivity index (χ1v) is 8.57. The molecule has 0 radical (unpaired) electrons. The minimum Gasteiger partial charge on any atom is -0.351 e. The van der Waals surface area contributed by atoms with Crippen LogP contribution in [0.2, 0.25) is 0 Å². The zero-order valence-corrected chi connectivity index (χ0v) is 14.0. The maximum Gasteiger partial charge on any atom is 0.226 e. The van der Waals surface area contributed by atoms with Crippen LogP contribution >= 0.6 is 15.9 Å². The number of nitrogens with one attached hydrogen (secondary N) is 1. The normalized spacial score (nSPS) is 44.4. The van der Waals surface area contributed by atoms with Gasteiger partial charge in [0.2, 0.25) is 5.91 Å². The molecule has 1 amide bonds. The summed E-state index contributed by atoms with van der Waals surface area (Å²) in [5.41, 5.74) is -0.139. The molecule has 0 unspecified atom stereocenters.